The molecule has 0 radical (unpaired) electrons. The third-order valence-corrected chi connectivity index (χ3v) is 6.96. The SMILES string of the molecule is Cc1ccc(-n2c(SCC(=O)Nc3cccc(-c4csc(C)n4)c3)nnc2-c2ccncc2)cc1. The van der Waals surface area contributed by atoms with Crippen LogP contribution >= 0.6 is 23.1 Å². The maximum absolute atomic E-state index is 12.8. The largest absolute Gasteiger partial charge is 0.325 e. The van der Waals surface area contributed by atoms with E-state index in [-0.39, 0.29) is 11.7 Å². The van der Waals surface area contributed by atoms with Gasteiger partial charge in [-0.15, -0.1) is 21.5 Å². The average Bonchev–Trinajstić information content (AvgIpc) is 3.50. The van der Waals surface area contributed by atoms with E-state index in [9.17, 15) is 4.79 Å². The van der Waals surface area contributed by atoms with Crippen molar-refractivity contribution in [3.05, 3.63) is 89.0 Å². The molecule has 174 valence electrons. The van der Waals surface area contributed by atoms with Crippen LogP contribution in [0.4, 0.5) is 5.69 Å². The molecular weight excluding hydrogens is 476 g/mol. The van der Waals surface area contributed by atoms with E-state index in [4.69, 9.17) is 0 Å². The van der Waals surface area contributed by atoms with E-state index in [0.717, 1.165) is 38.8 Å². The van der Waals surface area contributed by atoms with Crippen LogP contribution in [0.1, 0.15) is 10.6 Å². The minimum absolute atomic E-state index is 0.120. The highest BCUT2D eigenvalue weighted by Gasteiger charge is 2.17. The number of benzene rings is 2. The van der Waals surface area contributed by atoms with Gasteiger partial charge in [-0.05, 0) is 50.2 Å². The Morgan fingerprint density at radius 3 is 2.54 bits per heavy atom. The summed E-state index contributed by atoms with van der Waals surface area (Å²) < 4.78 is 1.97. The maximum atomic E-state index is 12.8. The van der Waals surface area contributed by atoms with Gasteiger partial charge in [-0.3, -0.25) is 14.3 Å². The number of rotatable bonds is 7. The summed E-state index contributed by atoms with van der Waals surface area (Å²) in [7, 11) is 0. The average molecular weight is 499 g/mol. The summed E-state index contributed by atoms with van der Waals surface area (Å²) in [6.07, 6.45) is 3.45. The Morgan fingerprint density at radius 2 is 1.80 bits per heavy atom. The molecule has 0 aliphatic rings. The number of anilines is 1. The summed E-state index contributed by atoms with van der Waals surface area (Å²) in [5.74, 6) is 0.774. The standard InChI is InChI=1S/C26H22N6OS2/c1-17-6-8-22(9-7-17)32-25(19-10-12-27-13-11-19)30-31-26(32)35-16-24(33)29-21-5-3-4-20(14-21)23-15-34-18(2)28-23/h3-15H,16H2,1-2H3,(H,29,33). The number of carbonyl (C=O) groups excluding carboxylic acids is 1. The second-order valence-electron chi connectivity index (χ2n) is 7.88. The van der Waals surface area contributed by atoms with Crippen LogP contribution in [-0.2, 0) is 4.79 Å². The zero-order chi connectivity index (χ0) is 24.2. The Labute approximate surface area is 211 Å². The van der Waals surface area contributed by atoms with Crippen LogP contribution in [0.5, 0.6) is 0 Å². The Morgan fingerprint density at radius 1 is 1.00 bits per heavy atom. The Hall–Kier alpha value is -3.82. The lowest BCUT2D eigenvalue weighted by molar-refractivity contribution is -0.113. The topological polar surface area (TPSA) is 85.6 Å². The first-order valence-corrected chi connectivity index (χ1v) is 12.8. The molecule has 1 N–H and O–H groups in total. The van der Waals surface area contributed by atoms with Crippen LogP contribution in [-0.4, -0.2) is 36.4 Å². The predicted molar refractivity (Wildman–Crippen MR) is 141 cm³/mol. The molecule has 0 unspecified atom stereocenters. The van der Waals surface area contributed by atoms with Crippen LogP contribution < -0.4 is 5.32 Å². The molecule has 3 aromatic heterocycles. The number of aromatic nitrogens is 5. The molecule has 35 heavy (non-hydrogen) atoms. The fourth-order valence-electron chi connectivity index (χ4n) is 3.56. The molecule has 0 saturated heterocycles. The fraction of sp³-hybridized carbons (Fsp3) is 0.115. The lowest BCUT2D eigenvalue weighted by Gasteiger charge is -2.11. The second kappa shape index (κ2) is 10.2. The Balaban J connectivity index is 1.35. The molecule has 0 saturated carbocycles. The highest BCUT2D eigenvalue weighted by Crippen LogP contribution is 2.28. The Bertz CT molecular complexity index is 1460. The van der Waals surface area contributed by atoms with Crippen LogP contribution in [0, 0.1) is 13.8 Å². The lowest BCUT2D eigenvalue weighted by atomic mass is 10.1. The summed E-state index contributed by atoms with van der Waals surface area (Å²) in [4.78, 5) is 21.4. The van der Waals surface area contributed by atoms with Crippen LogP contribution in [0.3, 0.4) is 0 Å². The maximum Gasteiger partial charge on any atom is 0.234 e. The quantitative estimate of drug-likeness (QED) is 0.286. The number of hydrogen-bond acceptors (Lipinski definition) is 7. The van der Waals surface area contributed by atoms with Gasteiger partial charge in [-0.1, -0.05) is 41.6 Å². The minimum atomic E-state index is -0.120. The van der Waals surface area contributed by atoms with Gasteiger partial charge < -0.3 is 5.32 Å². The molecule has 0 spiro atoms. The number of pyridine rings is 1. The molecule has 0 fully saturated rings. The van der Waals surface area contributed by atoms with Gasteiger partial charge in [-0.2, -0.15) is 0 Å². The number of aryl methyl sites for hydroxylation is 2. The zero-order valence-electron chi connectivity index (χ0n) is 19.2. The number of amides is 1. The highest BCUT2D eigenvalue weighted by molar-refractivity contribution is 7.99. The monoisotopic (exact) mass is 498 g/mol. The lowest BCUT2D eigenvalue weighted by Crippen LogP contribution is -2.14. The molecule has 2 aromatic carbocycles. The highest BCUT2D eigenvalue weighted by atomic mass is 32.2. The number of hydrogen-bond donors (Lipinski definition) is 1. The van der Waals surface area contributed by atoms with Crippen molar-refractivity contribution in [2.24, 2.45) is 0 Å². The van der Waals surface area contributed by atoms with Crippen LogP contribution in [0.25, 0.3) is 28.3 Å². The van der Waals surface area contributed by atoms with Crippen molar-refractivity contribution in [1.82, 2.24) is 24.7 Å². The molecule has 0 aliphatic carbocycles. The number of nitrogens with zero attached hydrogens (tertiary/aromatic N) is 5. The number of nitrogens with one attached hydrogen (secondary N) is 1. The molecular formula is C26H22N6OS2. The van der Waals surface area contributed by atoms with Gasteiger partial charge in [0.05, 0.1) is 16.5 Å². The van der Waals surface area contributed by atoms with Crippen molar-refractivity contribution in [2.45, 2.75) is 19.0 Å². The molecule has 7 nitrogen and oxygen atoms in total. The Kier molecular flexibility index (Phi) is 6.69. The minimum Gasteiger partial charge on any atom is -0.325 e. The third kappa shape index (κ3) is 5.31. The summed E-state index contributed by atoms with van der Waals surface area (Å²) in [6.45, 7) is 4.02. The van der Waals surface area contributed by atoms with Gasteiger partial charge in [0, 0.05) is 40.3 Å². The van der Waals surface area contributed by atoms with Crippen LogP contribution in [0.2, 0.25) is 0 Å². The molecule has 0 aliphatic heterocycles. The first-order chi connectivity index (χ1) is 17.1. The van der Waals surface area contributed by atoms with Crippen molar-refractivity contribution in [2.75, 3.05) is 11.1 Å². The summed E-state index contributed by atoms with van der Waals surface area (Å²) in [6, 6.07) is 19.7. The molecule has 5 aromatic rings. The van der Waals surface area contributed by atoms with E-state index < -0.39 is 0 Å². The first-order valence-electron chi connectivity index (χ1n) is 10.9. The molecule has 0 atom stereocenters. The predicted octanol–water partition coefficient (Wildman–Crippen LogP) is 5.80. The van der Waals surface area contributed by atoms with Crippen molar-refractivity contribution in [3.63, 3.8) is 0 Å². The van der Waals surface area contributed by atoms with E-state index in [2.05, 4.69) is 25.5 Å². The van der Waals surface area contributed by atoms with Gasteiger partial charge in [0.2, 0.25) is 5.91 Å². The molecule has 1 amide bonds. The van der Waals surface area contributed by atoms with Gasteiger partial charge in [0.1, 0.15) is 0 Å². The van der Waals surface area contributed by atoms with Gasteiger partial charge in [0.15, 0.2) is 11.0 Å². The zero-order valence-corrected chi connectivity index (χ0v) is 20.8. The normalized spacial score (nSPS) is 10.9. The van der Waals surface area contributed by atoms with Crippen molar-refractivity contribution >= 4 is 34.7 Å². The van der Waals surface area contributed by atoms with Crippen molar-refractivity contribution in [3.8, 4) is 28.3 Å². The van der Waals surface area contributed by atoms with Gasteiger partial charge in [-0.25, -0.2) is 4.98 Å². The molecule has 9 heteroatoms. The number of carbonyl (C=O) groups is 1. The molecule has 0 bridgehead atoms. The van der Waals surface area contributed by atoms with Gasteiger partial charge >= 0.3 is 0 Å². The van der Waals surface area contributed by atoms with Gasteiger partial charge in [0.25, 0.3) is 0 Å². The summed E-state index contributed by atoms with van der Waals surface area (Å²) >= 11 is 2.95. The van der Waals surface area contributed by atoms with Crippen LogP contribution in [0.15, 0.2) is 83.6 Å². The number of thiazole rings is 1. The smallest absolute Gasteiger partial charge is 0.234 e. The molecule has 3 heterocycles. The van der Waals surface area contributed by atoms with Crippen molar-refractivity contribution < 1.29 is 4.79 Å². The van der Waals surface area contributed by atoms with E-state index >= 15 is 0 Å². The van der Waals surface area contributed by atoms with E-state index in [1.165, 1.54) is 11.8 Å². The fourth-order valence-corrected chi connectivity index (χ4v) is 4.93. The molecule has 5 rings (SSSR count). The summed E-state index contributed by atoms with van der Waals surface area (Å²) in [5.41, 5.74) is 5.61. The second-order valence-corrected chi connectivity index (χ2v) is 9.89. The number of thioether (sulfide) groups is 1. The first kappa shape index (κ1) is 22.9. The third-order valence-electron chi connectivity index (χ3n) is 5.26. The summed E-state index contributed by atoms with van der Waals surface area (Å²) in [5, 5.41) is 15.5. The van der Waals surface area contributed by atoms with Crippen molar-refractivity contribution in [1.29, 1.82) is 0 Å². The van der Waals surface area contributed by atoms with E-state index in [1.807, 2.05) is 84.5 Å². The van der Waals surface area contributed by atoms with E-state index in [0.29, 0.717) is 11.0 Å². The van der Waals surface area contributed by atoms with E-state index in [1.54, 1.807) is 23.7 Å².